The molecule has 1 saturated heterocycles. The van der Waals surface area contributed by atoms with Gasteiger partial charge in [-0.05, 0) is 43.9 Å². The van der Waals surface area contributed by atoms with Crippen LogP contribution >= 0.6 is 0 Å². The first-order chi connectivity index (χ1) is 20.3. The maximum absolute atomic E-state index is 13.8. The highest BCUT2D eigenvalue weighted by Crippen LogP contribution is 2.39. The summed E-state index contributed by atoms with van der Waals surface area (Å²) in [6, 6.07) is 16.0. The number of unbranched alkanes of at least 4 members (excludes halogenated alkanes) is 3. The Labute approximate surface area is 246 Å². The molecule has 2 aromatic carbocycles. The number of allylic oxidation sites excluding steroid dienone is 1. The number of likely N-dealkylation sites (tertiary alicyclic amines) is 1. The van der Waals surface area contributed by atoms with Gasteiger partial charge >= 0.3 is 11.9 Å². The van der Waals surface area contributed by atoms with Gasteiger partial charge in [-0.15, -0.1) is 0 Å². The van der Waals surface area contributed by atoms with Gasteiger partial charge in [-0.25, -0.2) is 9.59 Å². The van der Waals surface area contributed by atoms with Crippen LogP contribution in [0.4, 0.5) is 5.69 Å². The van der Waals surface area contributed by atoms with Crippen molar-refractivity contribution in [3.63, 3.8) is 0 Å². The quantitative estimate of drug-likeness (QED) is 0.154. The molecular formula is C32H40N4O6. The van der Waals surface area contributed by atoms with Crippen LogP contribution in [0, 0.1) is 10.1 Å². The second-order valence-corrected chi connectivity index (χ2v) is 10.9. The molecule has 0 aromatic heterocycles. The Bertz CT molecular complexity index is 1340. The number of benzene rings is 2. The fraction of sp³-hybridized carbons (Fsp3) is 0.438. The van der Waals surface area contributed by atoms with Crippen molar-refractivity contribution in [3.05, 3.63) is 98.5 Å². The van der Waals surface area contributed by atoms with Crippen LogP contribution in [-0.2, 0) is 25.6 Å². The van der Waals surface area contributed by atoms with Gasteiger partial charge in [0.05, 0.1) is 28.6 Å². The van der Waals surface area contributed by atoms with Crippen molar-refractivity contribution in [2.75, 3.05) is 19.7 Å². The lowest BCUT2D eigenvalue weighted by molar-refractivity contribution is -0.384. The number of carbonyl (C=O) groups is 2. The van der Waals surface area contributed by atoms with Crippen LogP contribution in [0.25, 0.3) is 0 Å². The average molecular weight is 577 g/mol. The monoisotopic (exact) mass is 576 g/mol. The van der Waals surface area contributed by atoms with Crippen molar-refractivity contribution in [2.45, 2.75) is 70.9 Å². The largest absolute Gasteiger partial charge is 0.462 e. The Balaban J connectivity index is 1.58. The summed E-state index contributed by atoms with van der Waals surface area (Å²) in [6.07, 6.45) is 4.92. The van der Waals surface area contributed by atoms with E-state index in [0.717, 1.165) is 45.2 Å². The van der Waals surface area contributed by atoms with E-state index < -0.39 is 22.8 Å². The number of dihydropyridines is 1. The topological polar surface area (TPSA) is 137 Å². The summed E-state index contributed by atoms with van der Waals surface area (Å²) in [4.78, 5) is 40.6. The molecule has 224 valence electrons. The molecule has 0 radical (unpaired) electrons. The standard InChI is InChI=1S/C32H40N4O6/c1-3-4-5-9-18-41-31(37)27-22(2)34-30(33)29(28(27)24-14-10-15-25(19-24)36(39)40)32(38)42-26-16-11-17-35(21-26)20-23-12-7-6-8-13-23/h6-8,10,12-15,19,26,28,34H,3-5,9,11,16-18,20-21,33H2,1-2H3. The maximum atomic E-state index is 13.8. The molecule has 2 unspecified atom stereocenters. The molecule has 2 aliphatic rings. The van der Waals surface area contributed by atoms with Crippen molar-refractivity contribution in [1.29, 1.82) is 0 Å². The number of hydrogen-bond acceptors (Lipinski definition) is 9. The van der Waals surface area contributed by atoms with Crippen molar-refractivity contribution in [1.82, 2.24) is 10.2 Å². The summed E-state index contributed by atoms with van der Waals surface area (Å²) < 4.78 is 11.6. The molecule has 10 nitrogen and oxygen atoms in total. The zero-order chi connectivity index (χ0) is 30.1. The average Bonchev–Trinajstić information content (AvgIpc) is 2.97. The number of piperidine rings is 1. The van der Waals surface area contributed by atoms with Gasteiger partial charge in [0.15, 0.2) is 0 Å². The van der Waals surface area contributed by atoms with Gasteiger partial charge in [0, 0.05) is 30.9 Å². The van der Waals surface area contributed by atoms with E-state index in [-0.39, 0.29) is 35.4 Å². The van der Waals surface area contributed by atoms with Crippen LogP contribution in [0.1, 0.15) is 69.4 Å². The molecular weight excluding hydrogens is 536 g/mol. The number of nitro groups is 1. The molecule has 2 aliphatic heterocycles. The Hall–Kier alpha value is -4.18. The number of nitrogens with two attached hydrogens (primary N) is 1. The number of nitrogens with one attached hydrogen (secondary N) is 1. The SMILES string of the molecule is CCCCCCOC(=O)C1=C(C)NC(N)=C(C(=O)OC2CCCN(Cc3ccccc3)C2)C1c1cccc([N+](=O)[O-])c1. The molecule has 2 atom stereocenters. The summed E-state index contributed by atoms with van der Waals surface area (Å²) in [5.74, 6) is -2.21. The molecule has 10 heteroatoms. The molecule has 0 saturated carbocycles. The first-order valence-corrected chi connectivity index (χ1v) is 14.6. The number of nitrogens with zero attached hydrogens (tertiary/aromatic N) is 2. The molecule has 2 aromatic rings. The second kappa shape index (κ2) is 14.6. The lowest BCUT2D eigenvalue weighted by atomic mass is 9.81. The normalized spacial score (nSPS) is 19.3. The molecule has 42 heavy (non-hydrogen) atoms. The third-order valence-corrected chi connectivity index (χ3v) is 7.66. The molecule has 3 N–H and O–H groups in total. The van der Waals surface area contributed by atoms with Crippen LogP contribution in [0.3, 0.4) is 0 Å². The predicted octanol–water partition coefficient (Wildman–Crippen LogP) is 5.06. The van der Waals surface area contributed by atoms with E-state index >= 15 is 0 Å². The fourth-order valence-electron chi connectivity index (χ4n) is 5.58. The van der Waals surface area contributed by atoms with Crippen LogP contribution in [0.5, 0.6) is 0 Å². The van der Waals surface area contributed by atoms with E-state index in [1.54, 1.807) is 13.0 Å². The second-order valence-electron chi connectivity index (χ2n) is 10.9. The lowest BCUT2D eigenvalue weighted by Gasteiger charge is -2.34. The van der Waals surface area contributed by atoms with Crippen molar-refractivity contribution >= 4 is 17.6 Å². The third-order valence-electron chi connectivity index (χ3n) is 7.66. The Morgan fingerprint density at radius 3 is 2.60 bits per heavy atom. The first kappa shape index (κ1) is 30.8. The van der Waals surface area contributed by atoms with Gasteiger partial charge in [0.2, 0.25) is 0 Å². The number of hydrogen-bond donors (Lipinski definition) is 2. The summed E-state index contributed by atoms with van der Waals surface area (Å²) in [5.41, 5.74) is 8.43. The number of esters is 2. The predicted molar refractivity (Wildman–Crippen MR) is 159 cm³/mol. The number of non-ortho nitro benzene ring substituents is 1. The molecule has 1 fully saturated rings. The van der Waals surface area contributed by atoms with Crippen molar-refractivity contribution in [3.8, 4) is 0 Å². The van der Waals surface area contributed by atoms with Gasteiger partial charge in [0.25, 0.3) is 5.69 Å². The van der Waals surface area contributed by atoms with E-state index in [1.807, 2.05) is 18.2 Å². The lowest BCUT2D eigenvalue weighted by Crippen LogP contribution is -2.42. The molecule has 2 heterocycles. The molecule has 4 rings (SSSR count). The Morgan fingerprint density at radius 2 is 1.86 bits per heavy atom. The van der Waals surface area contributed by atoms with E-state index in [9.17, 15) is 19.7 Å². The summed E-state index contributed by atoms with van der Waals surface area (Å²) in [7, 11) is 0. The number of carbonyl (C=O) groups excluding carboxylic acids is 2. The maximum Gasteiger partial charge on any atom is 0.338 e. The van der Waals surface area contributed by atoms with Gasteiger partial charge in [-0.2, -0.15) is 0 Å². The molecule has 0 spiro atoms. The van der Waals surface area contributed by atoms with Crippen LogP contribution in [0.2, 0.25) is 0 Å². The van der Waals surface area contributed by atoms with E-state index in [1.165, 1.54) is 23.8 Å². The van der Waals surface area contributed by atoms with Gasteiger partial charge in [-0.1, -0.05) is 68.7 Å². The summed E-state index contributed by atoms with van der Waals surface area (Å²) in [6.45, 7) is 6.20. The summed E-state index contributed by atoms with van der Waals surface area (Å²) in [5, 5.41) is 14.6. The minimum absolute atomic E-state index is 0.0409. The highest BCUT2D eigenvalue weighted by molar-refractivity contribution is 6.00. The molecule has 0 aliphatic carbocycles. The zero-order valence-corrected chi connectivity index (χ0v) is 24.3. The highest BCUT2D eigenvalue weighted by atomic mass is 16.6. The Morgan fingerprint density at radius 1 is 1.07 bits per heavy atom. The van der Waals surface area contributed by atoms with E-state index in [4.69, 9.17) is 15.2 Å². The number of ether oxygens (including phenoxy) is 2. The van der Waals surface area contributed by atoms with Gasteiger partial charge < -0.3 is 20.5 Å². The van der Waals surface area contributed by atoms with Gasteiger partial charge in [-0.3, -0.25) is 15.0 Å². The molecule has 0 amide bonds. The minimum Gasteiger partial charge on any atom is -0.462 e. The van der Waals surface area contributed by atoms with Crippen molar-refractivity contribution in [2.24, 2.45) is 5.73 Å². The molecule has 0 bridgehead atoms. The smallest absolute Gasteiger partial charge is 0.338 e. The van der Waals surface area contributed by atoms with Crippen LogP contribution in [-0.4, -0.2) is 47.6 Å². The first-order valence-electron chi connectivity index (χ1n) is 14.6. The number of rotatable bonds is 12. The third kappa shape index (κ3) is 7.76. The Kier molecular flexibility index (Phi) is 10.7. The fourth-order valence-corrected chi connectivity index (χ4v) is 5.58. The van der Waals surface area contributed by atoms with Gasteiger partial charge in [0.1, 0.15) is 11.9 Å². The van der Waals surface area contributed by atoms with Crippen LogP contribution in [0.15, 0.2) is 77.3 Å². The van der Waals surface area contributed by atoms with E-state index in [2.05, 4.69) is 29.3 Å². The summed E-state index contributed by atoms with van der Waals surface area (Å²) >= 11 is 0. The van der Waals surface area contributed by atoms with Crippen LogP contribution < -0.4 is 11.1 Å². The zero-order valence-electron chi connectivity index (χ0n) is 24.3. The number of nitro benzene ring substituents is 1. The minimum atomic E-state index is -0.995. The van der Waals surface area contributed by atoms with Crippen molar-refractivity contribution < 1.29 is 24.0 Å². The highest BCUT2D eigenvalue weighted by Gasteiger charge is 2.40. The van der Waals surface area contributed by atoms with E-state index in [0.29, 0.717) is 24.2 Å².